The molecule has 0 fully saturated rings. The van der Waals surface area contributed by atoms with E-state index in [9.17, 15) is 9.18 Å². The molecule has 3 rings (SSSR count). The van der Waals surface area contributed by atoms with Crippen molar-refractivity contribution in [2.45, 2.75) is 20.0 Å². The SMILES string of the molecule is Cc1c(Cl)cnn1CC(=O)Nc1ncn(Cc2ccc(F)cc2Cl)n1. The number of carbonyl (C=O) groups is 1. The monoisotopic (exact) mass is 382 g/mol. The molecule has 0 atom stereocenters. The lowest BCUT2D eigenvalue weighted by Gasteiger charge is -2.05. The highest BCUT2D eigenvalue weighted by Gasteiger charge is 2.11. The number of rotatable bonds is 5. The second-order valence-corrected chi connectivity index (χ2v) is 6.10. The molecule has 0 spiro atoms. The van der Waals surface area contributed by atoms with E-state index in [4.69, 9.17) is 23.2 Å². The molecule has 0 saturated heterocycles. The maximum atomic E-state index is 13.1. The van der Waals surface area contributed by atoms with Gasteiger partial charge in [-0.15, -0.1) is 5.10 Å². The fourth-order valence-corrected chi connectivity index (χ4v) is 2.50. The summed E-state index contributed by atoms with van der Waals surface area (Å²) in [4.78, 5) is 16.1. The second-order valence-electron chi connectivity index (χ2n) is 5.29. The molecule has 130 valence electrons. The van der Waals surface area contributed by atoms with Gasteiger partial charge in [-0.05, 0) is 24.6 Å². The van der Waals surface area contributed by atoms with Gasteiger partial charge in [0.25, 0.3) is 0 Å². The molecule has 0 aliphatic rings. The van der Waals surface area contributed by atoms with Gasteiger partial charge >= 0.3 is 0 Å². The van der Waals surface area contributed by atoms with Crippen LogP contribution in [0, 0.1) is 12.7 Å². The molecular formula is C15H13Cl2FN6O. The zero-order valence-electron chi connectivity index (χ0n) is 13.1. The number of benzene rings is 1. The molecule has 25 heavy (non-hydrogen) atoms. The molecule has 2 heterocycles. The standard InChI is InChI=1S/C15H13Cl2FN6O/c1-9-13(17)5-20-24(9)7-14(25)21-15-19-8-23(22-15)6-10-2-3-11(18)4-12(10)16/h2-5,8H,6-7H2,1H3,(H,21,22,25). The largest absolute Gasteiger partial charge is 0.292 e. The predicted molar refractivity (Wildman–Crippen MR) is 91.1 cm³/mol. The van der Waals surface area contributed by atoms with Gasteiger partial charge in [0.15, 0.2) is 0 Å². The van der Waals surface area contributed by atoms with E-state index in [0.717, 1.165) is 0 Å². The normalized spacial score (nSPS) is 10.9. The lowest BCUT2D eigenvalue weighted by molar-refractivity contribution is -0.117. The van der Waals surface area contributed by atoms with Crippen molar-refractivity contribution < 1.29 is 9.18 Å². The van der Waals surface area contributed by atoms with Crippen molar-refractivity contribution in [3.63, 3.8) is 0 Å². The van der Waals surface area contributed by atoms with Crippen LogP contribution < -0.4 is 5.32 Å². The molecule has 1 amide bonds. The third kappa shape index (κ3) is 4.15. The number of nitrogens with zero attached hydrogens (tertiary/aromatic N) is 5. The molecule has 1 aromatic carbocycles. The Labute approximate surface area is 152 Å². The van der Waals surface area contributed by atoms with Gasteiger partial charge in [-0.1, -0.05) is 29.3 Å². The van der Waals surface area contributed by atoms with E-state index in [0.29, 0.717) is 27.8 Å². The first-order chi connectivity index (χ1) is 11.9. The summed E-state index contributed by atoms with van der Waals surface area (Å²) in [6, 6.07) is 4.12. The number of aromatic nitrogens is 5. The number of amides is 1. The molecule has 10 heteroatoms. The van der Waals surface area contributed by atoms with Crippen LogP contribution in [0.1, 0.15) is 11.3 Å². The summed E-state index contributed by atoms with van der Waals surface area (Å²) in [6.45, 7) is 2.06. The Bertz CT molecular complexity index is 923. The number of anilines is 1. The van der Waals surface area contributed by atoms with Crippen LogP contribution in [-0.2, 0) is 17.9 Å². The van der Waals surface area contributed by atoms with Gasteiger partial charge < -0.3 is 0 Å². The molecule has 0 unspecified atom stereocenters. The van der Waals surface area contributed by atoms with Gasteiger partial charge in [-0.3, -0.25) is 14.8 Å². The van der Waals surface area contributed by atoms with Gasteiger partial charge in [0.1, 0.15) is 18.7 Å². The molecule has 0 radical (unpaired) electrons. The van der Waals surface area contributed by atoms with Crippen molar-refractivity contribution in [3.8, 4) is 0 Å². The van der Waals surface area contributed by atoms with E-state index >= 15 is 0 Å². The van der Waals surface area contributed by atoms with Crippen LogP contribution in [0.5, 0.6) is 0 Å². The number of hydrogen-bond acceptors (Lipinski definition) is 4. The maximum absolute atomic E-state index is 13.1. The molecule has 0 bridgehead atoms. The lowest BCUT2D eigenvalue weighted by Crippen LogP contribution is -2.21. The molecule has 2 aromatic heterocycles. The average Bonchev–Trinajstić information content (AvgIpc) is 3.11. The van der Waals surface area contributed by atoms with Gasteiger partial charge in [-0.2, -0.15) is 5.10 Å². The van der Waals surface area contributed by atoms with Crippen LogP contribution in [-0.4, -0.2) is 30.5 Å². The fraction of sp³-hybridized carbons (Fsp3) is 0.200. The summed E-state index contributed by atoms with van der Waals surface area (Å²) in [5.41, 5.74) is 1.38. The Hall–Kier alpha value is -2.45. The van der Waals surface area contributed by atoms with Crippen LogP contribution in [0.25, 0.3) is 0 Å². The molecule has 1 N–H and O–H groups in total. The van der Waals surface area contributed by atoms with Gasteiger partial charge in [0, 0.05) is 5.02 Å². The predicted octanol–water partition coefficient (Wildman–Crippen LogP) is 2.92. The smallest absolute Gasteiger partial charge is 0.248 e. The van der Waals surface area contributed by atoms with Crippen molar-refractivity contribution in [1.82, 2.24) is 24.5 Å². The van der Waals surface area contributed by atoms with Crippen molar-refractivity contribution in [3.05, 3.63) is 57.8 Å². The highest BCUT2D eigenvalue weighted by molar-refractivity contribution is 6.31. The fourth-order valence-electron chi connectivity index (χ4n) is 2.14. The van der Waals surface area contributed by atoms with Crippen molar-refractivity contribution in [2.24, 2.45) is 0 Å². The van der Waals surface area contributed by atoms with Crippen molar-refractivity contribution >= 4 is 35.1 Å². The van der Waals surface area contributed by atoms with Crippen LogP contribution in [0.4, 0.5) is 10.3 Å². The summed E-state index contributed by atoms with van der Waals surface area (Å²) >= 11 is 11.9. The minimum absolute atomic E-state index is 0.00309. The molecule has 0 aliphatic heterocycles. The first-order valence-corrected chi connectivity index (χ1v) is 7.99. The Morgan fingerprint density at radius 3 is 2.80 bits per heavy atom. The van der Waals surface area contributed by atoms with E-state index in [1.807, 2.05) is 0 Å². The van der Waals surface area contributed by atoms with Gasteiger partial charge in [0.05, 0.1) is 23.5 Å². The van der Waals surface area contributed by atoms with Gasteiger partial charge in [-0.25, -0.2) is 14.1 Å². The van der Waals surface area contributed by atoms with E-state index < -0.39 is 5.82 Å². The summed E-state index contributed by atoms with van der Waals surface area (Å²) in [5.74, 6) is -0.589. The van der Waals surface area contributed by atoms with Crippen LogP contribution in [0.2, 0.25) is 10.0 Å². The number of carbonyl (C=O) groups excluding carboxylic acids is 1. The van der Waals surface area contributed by atoms with Gasteiger partial charge in [0.2, 0.25) is 11.9 Å². The third-order valence-corrected chi connectivity index (χ3v) is 4.19. The zero-order valence-corrected chi connectivity index (χ0v) is 14.6. The third-order valence-electron chi connectivity index (χ3n) is 3.47. The van der Waals surface area contributed by atoms with E-state index in [-0.39, 0.29) is 18.4 Å². The van der Waals surface area contributed by atoms with Crippen molar-refractivity contribution in [1.29, 1.82) is 0 Å². The quantitative estimate of drug-likeness (QED) is 0.735. The molecular weight excluding hydrogens is 370 g/mol. The Morgan fingerprint density at radius 1 is 1.32 bits per heavy atom. The topological polar surface area (TPSA) is 77.6 Å². The summed E-state index contributed by atoms with van der Waals surface area (Å²) < 4.78 is 16.0. The second kappa shape index (κ2) is 7.20. The summed E-state index contributed by atoms with van der Waals surface area (Å²) in [5, 5.41) is 11.5. The number of halogens is 3. The Kier molecular flexibility index (Phi) is 5.00. The minimum atomic E-state index is -0.408. The van der Waals surface area contributed by atoms with E-state index in [1.165, 1.54) is 34.0 Å². The van der Waals surface area contributed by atoms with Crippen LogP contribution in [0.15, 0.2) is 30.7 Å². The minimum Gasteiger partial charge on any atom is -0.292 e. The number of hydrogen-bond donors (Lipinski definition) is 1. The molecule has 3 aromatic rings. The highest BCUT2D eigenvalue weighted by atomic mass is 35.5. The highest BCUT2D eigenvalue weighted by Crippen LogP contribution is 2.18. The maximum Gasteiger partial charge on any atom is 0.248 e. The van der Waals surface area contributed by atoms with Crippen LogP contribution in [0.3, 0.4) is 0 Å². The molecule has 0 aliphatic carbocycles. The summed E-state index contributed by atoms with van der Waals surface area (Å²) in [7, 11) is 0. The average molecular weight is 383 g/mol. The van der Waals surface area contributed by atoms with Crippen LogP contribution >= 0.6 is 23.2 Å². The zero-order chi connectivity index (χ0) is 18.0. The summed E-state index contributed by atoms with van der Waals surface area (Å²) in [6.07, 6.45) is 2.93. The van der Waals surface area contributed by atoms with Crippen molar-refractivity contribution in [2.75, 3.05) is 5.32 Å². The lowest BCUT2D eigenvalue weighted by atomic mass is 10.2. The molecule has 7 nitrogen and oxygen atoms in total. The van der Waals surface area contributed by atoms with E-state index in [2.05, 4.69) is 20.5 Å². The van der Waals surface area contributed by atoms with E-state index in [1.54, 1.807) is 13.0 Å². The Balaban J connectivity index is 1.63. The Morgan fingerprint density at radius 2 is 2.12 bits per heavy atom. The first-order valence-electron chi connectivity index (χ1n) is 7.23. The number of nitrogens with one attached hydrogen (secondary N) is 1. The first kappa shape index (κ1) is 17.4. The molecule has 0 saturated carbocycles.